The summed E-state index contributed by atoms with van der Waals surface area (Å²) >= 11 is 0. The van der Waals surface area contributed by atoms with E-state index in [4.69, 9.17) is 28.4 Å². The molecule has 0 saturated carbocycles. The Morgan fingerprint density at radius 3 is 2.39 bits per heavy atom. The third-order valence-electron chi connectivity index (χ3n) is 5.92. The van der Waals surface area contributed by atoms with E-state index in [9.17, 15) is 14.4 Å². The number of ether oxygens (including phenoxy) is 6. The molecule has 4 atom stereocenters. The van der Waals surface area contributed by atoms with Gasteiger partial charge < -0.3 is 33.2 Å². The van der Waals surface area contributed by atoms with Gasteiger partial charge in [0.15, 0.2) is 0 Å². The van der Waals surface area contributed by atoms with Gasteiger partial charge in [-0.3, -0.25) is 9.59 Å². The minimum Gasteiger partial charge on any atom is -0.455 e. The van der Waals surface area contributed by atoms with Crippen molar-refractivity contribution in [2.45, 2.75) is 85.0 Å². The summed E-state index contributed by atoms with van der Waals surface area (Å²) in [5, 5.41) is 0. The molecule has 36 heavy (non-hydrogen) atoms. The second-order valence-corrected chi connectivity index (χ2v) is 8.98. The largest absolute Gasteiger partial charge is 0.455 e. The molecule has 1 rings (SSSR count). The first-order valence-electron chi connectivity index (χ1n) is 12.8. The lowest BCUT2D eigenvalue weighted by atomic mass is 9.89. The van der Waals surface area contributed by atoms with E-state index in [0.717, 1.165) is 6.29 Å². The lowest BCUT2D eigenvalue weighted by Crippen LogP contribution is -2.45. The van der Waals surface area contributed by atoms with Crippen LogP contribution in [-0.2, 0) is 42.8 Å². The Balaban J connectivity index is 3.38. The molecule has 9 nitrogen and oxygen atoms in total. The molecule has 1 heterocycles. The van der Waals surface area contributed by atoms with Crippen LogP contribution >= 0.6 is 0 Å². The van der Waals surface area contributed by atoms with E-state index in [1.807, 2.05) is 33.8 Å². The molecule has 0 bridgehead atoms. The fraction of sp³-hybridized carbons (Fsp3) is 0.741. The van der Waals surface area contributed by atoms with Gasteiger partial charge in [-0.1, -0.05) is 13.0 Å². The molecule has 0 N–H and O–H groups in total. The Hall–Kier alpha value is -2.07. The zero-order chi connectivity index (χ0) is 27.0. The number of carbonyl (C=O) groups is 3. The highest BCUT2D eigenvalue weighted by Crippen LogP contribution is 2.31. The third-order valence-corrected chi connectivity index (χ3v) is 5.92. The monoisotopic (exact) mass is 512 g/mol. The normalized spacial score (nSPS) is 26.9. The molecule has 0 amide bonds. The lowest BCUT2D eigenvalue weighted by Gasteiger charge is -2.37. The maximum absolute atomic E-state index is 12.9. The van der Waals surface area contributed by atoms with Crippen LogP contribution in [0.1, 0.15) is 67.2 Å². The van der Waals surface area contributed by atoms with Gasteiger partial charge in [0.2, 0.25) is 0 Å². The molecule has 1 aliphatic heterocycles. The van der Waals surface area contributed by atoms with Gasteiger partial charge in [0.25, 0.3) is 0 Å². The predicted molar refractivity (Wildman–Crippen MR) is 134 cm³/mol. The van der Waals surface area contributed by atoms with Crippen molar-refractivity contribution in [3.05, 3.63) is 23.5 Å². The van der Waals surface area contributed by atoms with Crippen molar-refractivity contribution in [3.8, 4) is 0 Å². The van der Waals surface area contributed by atoms with E-state index >= 15 is 0 Å². The van der Waals surface area contributed by atoms with Crippen LogP contribution in [0.4, 0.5) is 0 Å². The minimum absolute atomic E-state index is 0.0215. The molecule has 0 aromatic carbocycles. The van der Waals surface area contributed by atoms with Gasteiger partial charge in [-0.15, -0.1) is 0 Å². The molecule has 1 aliphatic rings. The van der Waals surface area contributed by atoms with Gasteiger partial charge in [-0.25, -0.2) is 0 Å². The summed E-state index contributed by atoms with van der Waals surface area (Å²) in [5.41, 5.74) is -0.244. The Bertz CT molecular complexity index is 746. The number of aldehydes is 1. The summed E-state index contributed by atoms with van der Waals surface area (Å²) < 4.78 is 34.5. The van der Waals surface area contributed by atoms with Crippen molar-refractivity contribution in [1.82, 2.24) is 0 Å². The molecule has 0 aromatic rings. The van der Waals surface area contributed by atoms with Crippen LogP contribution in [0.25, 0.3) is 0 Å². The van der Waals surface area contributed by atoms with Crippen molar-refractivity contribution in [2.24, 2.45) is 5.92 Å². The lowest BCUT2D eigenvalue weighted by molar-refractivity contribution is -0.167. The highest BCUT2D eigenvalue weighted by Gasteiger charge is 2.38. The molecule has 0 saturated heterocycles. The summed E-state index contributed by atoms with van der Waals surface area (Å²) in [4.78, 5) is 36.0. The average Bonchev–Trinajstić information content (AvgIpc) is 2.83. The SMILES string of the molecule is CCOCCOC1CCC(C)(OCCOCC)C(OC(C)=O)C=CC(C)C(=C(C)CC=O)OC(=O)C1. The van der Waals surface area contributed by atoms with Gasteiger partial charge in [0.05, 0.1) is 39.0 Å². The van der Waals surface area contributed by atoms with Crippen LogP contribution < -0.4 is 0 Å². The van der Waals surface area contributed by atoms with Gasteiger partial charge in [-0.2, -0.15) is 0 Å². The van der Waals surface area contributed by atoms with E-state index in [0.29, 0.717) is 63.8 Å². The Kier molecular flexibility index (Phi) is 15.4. The zero-order valence-corrected chi connectivity index (χ0v) is 22.7. The Morgan fingerprint density at radius 1 is 1.11 bits per heavy atom. The van der Waals surface area contributed by atoms with Gasteiger partial charge in [0, 0.05) is 32.5 Å². The topological polar surface area (TPSA) is 107 Å². The molecule has 4 unspecified atom stereocenters. The number of hydrogen-bond acceptors (Lipinski definition) is 9. The van der Waals surface area contributed by atoms with Crippen LogP contribution in [-0.4, -0.2) is 75.7 Å². The number of hydrogen-bond donors (Lipinski definition) is 0. The molecule has 0 aliphatic carbocycles. The maximum Gasteiger partial charge on any atom is 0.313 e. The average molecular weight is 513 g/mol. The van der Waals surface area contributed by atoms with Gasteiger partial charge in [0.1, 0.15) is 23.8 Å². The van der Waals surface area contributed by atoms with Crippen molar-refractivity contribution in [2.75, 3.05) is 39.6 Å². The third kappa shape index (κ3) is 11.8. The van der Waals surface area contributed by atoms with Gasteiger partial charge >= 0.3 is 11.9 Å². The highest BCUT2D eigenvalue weighted by molar-refractivity contribution is 5.71. The summed E-state index contributed by atoms with van der Waals surface area (Å²) in [6.07, 6.45) is 4.26. The van der Waals surface area contributed by atoms with Crippen molar-refractivity contribution in [1.29, 1.82) is 0 Å². The molecular formula is C27H44O9. The van der Waals surface area contributed by atoms with Crippen molar-refractivity contribution in [3.63, 3.8) is 0 Å². The van der Waals surface area contributed by atoms with Gasteiger partial charge in [-0.05, 0) is 52.2 Å². The van der Waals surface area contributed by atoms with E-state index < -0.39 is 29.7 Å². The quantitative estimate of drug-likeness (QED) is 0.157. The van der Waals surface area contributed by atoms with Crippen molar-refractivity contribution < 1.29 is 42.8 Å². The maximum atomic E-state index is 12.9. The molecule has 9 heteroatoms. The standard InChI is InChI=1S/C27H44O9/c1-7-31-15-17-33-23-11-13-27(6,34-18-16-32-8-2)24(35-22(5)29)10-9-20(3)26(21(4)12-14-28)36-25(30)19-23/h9-10,14,20,23-24H,7-8,11-13,15-19H2,1-6H3. The minimum atomic E-state index is -0.897. The first-order valence-corrected chi connectivity index (χ1v) is 12.8. The second-order valence-electron chi connectivity index (χ2n) is 8.98. The number of allylic oxidation sites excluding steroid dienone is 2. The smallest absolute Gasteiger partial charge is 0.313 e. The summed E-state index contributed by atoms with van der Waals surface area (Å²) in [6.45, 7) is 13.2. The number of rotatable bonds is 13. The van der Waals surface area contributed by atoms with Crippen LogP contribution in [0.15, 0.2) is 23.5 Å². The zero-order valence-electron chi connectivity index (χ0n) is 22.7. The number of esters is 2. The predicted octanol–water partition coefficient (Wildman–Crippen LogP) is 3.93. The van der Waals surface area contributed by atoms with Crippen LogP contribution in [0.5, 0.6) is 0 Å². The Labute approximate surface area is 215 Å². The van der Waals surface area contributed by atoms with E-state index in [1.54, 1.807) is 13.0 Å². The number of carbonyl (C=O) groups excluding carboxylic acids is 3. The first kappa shape index (κ1) is 32.0. The number of cyclic esters (lactones) is 1. The molecular weight excluding hydrogens is 468 g/mol. The van der Waals surface area contributed by atoms with E-state index in [1.165, 1.54) is 6.92 Å². The first-order chi connectivity index (χ1) is 17.2. The molecule has 0 fully saturated rings. The van der Waals surface area contributed by atoms with Crippen LogP contribution in [0.2, 0.25) is 0 Å². The highest BCUT2D eigenvalue weighted by atomic mass is 16.6. The van der Waals surface area contributed by atoms with Crippen LogP contribution in [0.3, 0.4) is 0 Å². The fourth-order valence-electron chi connectivity index (χ4n) is 3.93. The molecule has 0 spiro atoms. The molecule has 0 radical (unpaired) electrons. The van der Waals surface area contributed by atoms with Crippen LogP contribution in [0, 0.1) is 5.92 Å². The summed E-state index contributed by atoms with van der Waals surface area (Å²) in [6, 6.07) is 0. The Morgan fingerprint density at radius 2 is 1.78 bits per heavy atom. The molecule has 206 valence electrons. The second kappa shape index (κ2) is 17.4. The summed E-state index contributed by atoms with van der Waals surface area (Å²) in [7, 11) is 0. The van der Waals surface area contributed by atoms with E-state index in [2.05, 4.69) is 0 Å². The van der Waals surface area contributed by atoms with E-state index in [-0.39, 0.29) is 18.8 Å². The summed E-state index contributed by atoms with van der Waals surface area (Å²) in [5.74, 6) is -0.824. The van der Waals surface area contributed by atoms with Crippen molar-refractivity contribution >= 4 is 18.2 Å². The fourth-order valence-corrected chi connectivity index (χ4v) is 3.93. The molecule has 0 aromatic heterocycles.